The molecule has 0 saturated carbocycles. The summed E-state index contributed by atoms with van der Waals surface area (Å²) in [5.41, 5.74) is -0.259. The summed E-state index contributed by atoms with van der Waals surface area (Å²) in [5, 5.41) is 0. The average molecular weight is 255 g/mol. The third kappa shape index (κ3) is 2.71. The number of benzene rings is 1. The third-order valence-electron chi connectivity index (χ3n) is 2.22. The van der Waals surface area contributed by atoms with Crippen LogP contribution in [0, 0.1) is 0 Å². The van der Waals surface area contributed by atoms with Crippen LogP contribution in [0.5, 0.6) is 5.75 Å². The molecule has 94 valence electrons. The van der Waals surface area contributed by atoms with E-state index in [9.17, 15) is 18.0 Å². The van der Waals surface area contributed by atoms with Gasteiger partial charge in [-0.1, -0.05) is 18.2 Å². The number of halogens is 3. The molecule has 0 fully saturated rings. The number of hydrogen-bond donors (Lipinski definition) is 1. The molecule has 6 heteroatoms. The van der Waals surface area contributed by atoms with E-state index in [1.807, 2.05) is 0 Å². The molecule has 0 unspecified atom stereocenters. The van der Waals surface area contributed by atoms with Gasteiger partial charge in [-0.2, -0.15) is 0 Å². The molecule has 0 aliphatic carbocycles. The number of aromatic amines is 1. The summed E-state index contributed by atoms with van der Waals surface area (Å²) in [6, 6.07) is 8.45. The maximum absolute atomic E-state index is 12.2. The molecule has 0 bridgehead atoms. The number of para-hydroxylation sites is 1. The minimum Gasteiger partial charge on any atom is -0.405 e. The first-order valence-corrected chi connectivity index (χ1v) is 5.00. The van der Waals surface area contributed by atoms with Crippen molar-refractivity contribution in [3.8, 4) is 16.9 Å². The van der Waals surface area contributed by atoms with Gasteiger partial charge in [0.15, 0.2) is 0 Å². The number of hydrogen-bond acceptors (Lipinski definition) is 2. The normalized spacial score (nSPS) is 11.3. The van der Waals surface area contributed by atoms with Crippen molar-refractivity contribution in [1.29, 1.82) is 0 Å². The highest BCUT2D eigenvalue weighted by molar-refractivity contribution is 5.69. The van der Waals surface area contributed by atoms with Gasteiger partial charge in [0, 0.05) is 11.8 Å². The molecule has 0 aliphatic rings. The highest BCUT2D eigenvalue weighted by Crippen LogP contribution is 2.31. The third-order valence-corrected chi connectivity index (χ3v) is 2.22. The van der Waals surface area contributed by atoms with Gasteiger partial charge in [0.1, 0.15) is 5.75 Å². The molecule has 0 amide bonds. The van der Waals surface area contributed by atoms with E-state index in [2.05, 4.69) is 9.72 Å². The largest absolute Gasteiger partial charge is 0.573 e. The first-order valence-electron chi connectivity index (χ1n) is 5.00. The molecule has 0 spiro atoms. The Morgan fingerprint density at radius 1 is 1.00 bits per heavy atom. The summed E-state index contributed by atoms with van der Waals surface area (Å²) in [7, 11) is 0. The summed E-state index contributed by atoms with van der Waals surface area (Å²) in [4.78, 5) is 13.9. The average Bonchev–Trinajstić information content (AvgIpc) is 2.29. The Labute approximate surface area is 99.8 Å². The van der Waals surface area contributed by atoms with Crippen LogP contribution in [0.3, 0.4) is 0 Å². The van der Waals surface area contributed by atoms with Crippen LogP contribution in [-0.2, 0) is 0 Å². The van der Waals surface area contributed by atoms with Crippen LogP contribution in [0.15, 0.2) is 47.4 Å². The van der Waals surface area contributed by atoms with Crippen LogP contribution in [-0.4, -0.2) is 11.3 Å². The molecule has 1 aromatic carbocycles. The zero-order chi connectivity index (χ0) is 13.2. The van der Waals surface area contributed by atoms with Crippen LogP contribution in [0.1, 0.15) is 0 Å². The molecule has 18 heavy (non-hydrogen) atoms. The van der Waals surface area contributed by atoms with Gasteiger partial charge < -0.3 is 9.72 Å². The first kappa shape index (κ1) is 12.2. The predicted octanol–water partition coefficient (Wildman–Crippen LogP) is 2.94. The van der Waals surface area contributed by atoms with E-state index < -0.39 is 17.7 Å². The minimum absolute atomic E-state index is 0.0941. The summed E-state index contributed by atoms with van der Waals surface area (Å²) in [5.74, 6) is -0.401. The number of pyridine rings is 1. The van der Waals surface area contributed by atoms with Gasteiger partial charge in [-0.05, 0) is 18.2 Å². The molecule has 0 aliphatic heterocycles. The van der Waals surface area contributed by atoms with Crippen molar-refractivity contribution in [2.75, 3.05) is 0 Å². The highest BCUT2D eigenvalue weighted by atomic mass is 19.4. The van der Waals surface area contributed by atoms with Crippen LogP contribution < -0.4 is 10.3 Å². The number of H-pyrrole nitrogens is 1. The highest BCUT2D eigenvalue weighted by Gasteiger charge is 2.32. The Hall–Kier alpha value is -2.24. The van der Waals surface area contributed by atoms with E-state index >= 15 is 0 Å². The number of nitrogens with one attached hydrogen (secondary N) is 1. The van der Waals surface area contributed by atoms with Crippen molar-refractivity contribution >= 4 is 0 Å². The zero-order valence-electron chi connectivity index (χ0n) is 8.99. The predicted molar refractivity (Wildman–Crippen MR) is 59.2 cm³/mol. The molecule has 3 nitrogen and oxygen atoms in total. The minimum atomic E-state index is -4.79. The second kappa shape index (κ2) is 4.56. The number of ether oxygens (including phenoxy) is 1. The van der Waals surface area contributed by atoms with E-state index in [1.54, 1.807) is 0 Å². The van der Waals surface area contributed by atoms with Gasteiger partial charge >= 0.3 is 6.36 Å². The Bertz CT molecular complexity index is 605. The lowest BCUT2D eigenvalue weighted by Gasteiger charge is -2.12. The molecule has 0 radical (unpaired) electrons. The number of aromatic nitrogens is 1. The molecule has 1 heterocycles. The zero-order valence-corrected chi connectivity index (χ0v) is 8.99. The lowest BCUT2D eigenvalue weighted by molar-refractivity contribution is -0.274. The number of rotatable bonds is 2. The molecule has 0 atom stereocenters. The van der Waals surface area contributed by atoms with Gasteiger partial charge in [0.05, 0.1) is 5.56 Å². The summed E-state index contributed by atoms with van der Waals surface area (Å²) >= 11 is 0. The molecular weight excluding hydrogens is 247 g/mol. The van der Waals surface area contributed by atoms with E-state index in [-0.39, 0.29) is 11.1 Å². The maximum atomic E-state index is 12.2. The molecule has 0 saturated heterocycles. The second-order valence-electron chi connectivity index (χ2n) is 3.46. The molecule has 2 aromatic rings. The van der Waals surface area contributed by atoms with Crippen molar-refractivity contribution in [2.45, 2.75) is 6.36 Å². The summed E-state index contributed by atoms with van der Waals surface area (Å²) in [6.45, 7) is 0. The fourth-order valence-corrected chi connectivity index (χ4v) is 1.54. The first-order chi connectivity index (χ1) is 8.47. The summed E-state index contributed by atoms with van der Waals surface area (Å²) in [6.07, 6.45) is -3.39. The monoisotopic (exact) mass is 255 g/mol. The Morgan fingerprint density at radius 2 is 1.67 bits per heavy atom. The maximum Gasteiger partial charge on any atom is 0.573 e. The van der Waals surface area contributed by atoms with Gasteiger partial charge in [-0.25, -0.2) is 0 Å². The Balaban J connectivity index is 2.52. The molecular formula is C12H8F3NO2. The fraction of sp³-hybridized carbons (Fsp3) is 0.0833. The Morgan fingerprint density at radius 3 is 2.33 bits per heavy atom. The van der Waals surface area contributed by atoms with Crippen molar-refractivity contribution in [2.24, 2.45) is 0 Å². The standard InChI is InChI=1S/C12H8F3NO2/c13-12(14,15)18-10-6-2-1-4-8(10)9-5-3-7-16-11(9)17/h1-7H,(H,16,17). The van der Waals surface area contributed by atoms with Crippen molar-refractivity contribution in [3.63, 3.8) is 0 Å². The topological polar surface area (TPSA) is 42.1 Å². The lowest BCUT2D eigenvalue weighted by atomic mass is 10.1. The van der Waals surface area contributed by atoms with Gasteiger partial charge in [0.25, 0.3) is 5.56 Å². The smallest absolute Gasteiger partial charge is 0.405 e. The van der Waals surface area contributed by atoms with Crippen molar-refractivity contribution < 1.29 is 17.9 Å². The van der Waals surface area contributed by atoms with E-state index in [0.29, 0.717) is 0 Å². The van der Waals surface area contributed by atoms with Crippen LogP contribution in [0.25, 0.3) is 11.1 Å². The Kier molecular flexibility index (Phi) is 3.10. The lowest BCUT2D eigenvalue weighted by Crippen LogP contribution is -2.18. The van der Waals surface area contributed by atoms with E-state index in [1.165, 1.54) is 36.5 Å². The molecule has 2 rings (SSSR count). The van der Waals surface area contributed by atoms with E-state index in [0.717, 1.165) is 6.07 Å². The quantitative estimate of drug-likeness (QED) is 0.896. The molecule has 1 N–H and O–H groups in total. The SMILES string of the molecule is O=c1[nH]cccc1-c1ccccc1OC(F)(F)F. The van der Waals surface area contributed by atoms with Crippen molar-refractivity contribution in [3.05, 3.63) is 52.9 Å². The van der Waals surface area contributed by atoms with Gasteiger partial charge in [-0.15, -0.1) is 13.2 Å². The van der Waals surface area contributed by atoms with Crippen LogP contribution in [0.4, 0.5) is 13.2 Å². The second-order valence-corrected chi connectivity index (χ2v) is 3.46. The van der Waals surface area contributed by atoms with E-state index in [4.69, 9.17) is 0 Å². The van der Waals surface area contributed by atoms with Crippen LogP contribution in [0.2, 0.25) is 0 Å². The number of alkyl halides is 3. The van der Waals surface area contributed by atoms with Gasteiger partial charge in [-0.3, -0.25) is 4.79 Å². The molecule has 1 aromatic heterocycles. The van der Waals surface area contributed by atoms with Crippen LogP contribution >= 0.6 is 0 Å². The fourth-order valence-electron chi connectivity index (χ4n) is 1.54. The van der Waals surface area contributed by atoms with Gasteiger partial charge in [0.2, 0.25) is 0 Å². The van der Waals surface area contributed by atoms with Crippen molar-refractivity contribution in [1.82, 2.24) is 4.98 Å². The summed E-state index contributed by atoms with van der Waals surface area (Å²) < 4.78 is 40.6.